The van der Waals surface area contributed by atoms with Gasteiger partial charge in [0.15, 0.2) is 11.2 Å². The van der Waals surface area contributed by atoms with Crippen molar-refractivity contribution in [2.24, 2.45) is 0 Å². The highest BCUT2D eigenvalue weighted by atomic mass is 32.1. The highest BCUT2D eigenvalue weighted by Gasteiger charge is 2.14. The standard InChI is InChI=1S/C20H16N2O3S/c23-14-18-19(21-20-22(18)10-13-26-20)15-6-8-17(9-7-15)25-12-11-24-16-4-2-1-3-5-16/h1-10,13-14H,11-12H2. The molecule has 0 atom stereocenters. The maximum atomic E-state index is 11.4. The summed E-state index contributed by atoms with van der Waals surface area (Å²) >= 11 is 1.50. The minimum absolute atomic E-state index is 0.452. The molecular weight excluding hydrogens is 348 g/mol. The van der Waals surface area contributed by atoms with Gasteiger partial charge in [0.2, 0.25) is 0 Å². The van der Waals surface area contributed by atoms with Gasteiger partial charge >= 0.3 is 0 Å². The number of para-hydroxylation sites is 1. The molecule has 0 N–H and O–H groups in total. The number of carbonyl (C=O) groups excluding carboxylic acids is 1. The number of thiazole rings is 1. The van der Waals surface area contributed by atoms with E-state index in [0.717, 1.165) is 28.3 Å². The molecule has 130 valence electrons. The molecule has 26 heavy (non-hydrogen) atoms. The van der Waals surface area contributed by atoms with Crippen molar-refractivity contribution in [2.45, 2.75) is 0 Å². The number of hydrogen-bond donors (Lipinski definition) is 0. The summed E-state index contributed by atoms with van der Waals surface area (Å²) in [5, 5.41) is 1.91. The monoisotopic (exact) mass is 364 g/mol. The van der Waals surface area contributed by atoms with Crippen LogP contribution in [0, 0.1) is 0 Å². The van der Waals surface area contributed by atoms with E-state index < -0.39 is 0 Å². The van der Waals surface area contributed by atoms with Gasteiger partial charge in [0.1, 0.15) is 36.1 Å². The molecule has 0 aliphatic rings. The highest BCUT2D eigenvalue weighted by molar-refractivity contribution is 7.15. The number of hydrogen-bond acceptors (Lipinski definition) is 5. The molecule has 0 bridgehead atoms. The zero-order valence-corrected chi connectivity index (χ0v) is 14.7. The SMILES string of the molecule is O=Cc1c(-c2ccc(OCCOc3ccccc3)cc2)nc2sccn12. The first-order valence-corrected chi connectivity index (χ1v) is 9.05. The van der Waals surface area contributed by atoms with Crippen LogP contribution in [0.3, 0.4) is 0 Å². The van der Waals surface area contributed by atoms with E-state index in [2.05, 4.69) is 4.98 Å². The molecule has 6 heteroatoms. The average molecular weight is 364 g/mol. The van der Waals surface area contributed by atoms with Crippen LogP contribution in [-0.4, -0.2) is 28.9 Å². The molecule has 4 aromatic rings. The Morgan fingerprint density at radius 2 is 1.65 bits per heavy atom. The third kappa shape index (κ3) is 3.32. The van der Waals surface area contributed by atoms with Crippen molar-refractivity contribution in [3.63, 3.8) is 0 Å². The number of aldehydes is 1. The first-order valence-electron chi connectivity index (χ1n) is 8.17. The molecule has 0 aliphatic heterocycles. The second kappa shape index (κ2) is 7.41. The van der Waals surface area contributed by atoms with Gasteiger partial charge in [0, 0.05) is 17.1 Å². The van der Waals surface area contributed by atoms with E-state index in [4.69, 9.17) is 9.47 Å². The summed E-state index contributed by atoms with van der Waals surface area (Å²) in [7, 11) is 0. The minimum Gasteiger partial charge on any atom is -0.490 e. The molecule has 0 spiro atoms. The van der Waals surface area contributed by atoms with Crippen LogP contribution in [0.25, 0.3) is 16.2 Å². The first-order chi connectivity index (χ1) is 12.8. The molecule has 0 saturated carbocycles. The quantitative estimate of drug-likeness (QED) is 0.362. The fraction of sp³-hybridized carbons (Fsp3) is 0.100. The lowest BCUT2D eigenvalue weighted by atomic mass is 10.1. The molecule has 0 saturated heterocycles. The van der Waals surface area contributed by atoms with Crippen molar-refractivity contribution in [1.82, 2.24) is 9.38 Å². The van der Waals surface area contributed by atoms with Gasteiger partial charge in [-0.05, 0) is 36.4 Å². The van der Waals surface area contributed by atoms with Gasteiger partial charge in [-0.3, -0.25) is 9.20 Å². The van der Waals surface area contributed by atoms with Crippen molar-refractivity contribution >= 4 is 22.6 Å². The van der Waals surface area contributed by atoms with E-state index in [0.29, 0.717) is 24.6 Å². The van der Waals surface area contributed by atoms with Gasteiger partial charge in [-0.15, -0.1) is 11.3 Å². The zero-order chi connectivity index (χ0) is 17.8. The molecule has 2 aromatic carbocycles. The summed E-state index contributed by atoms with van der Waals surface area (Å²) in [4.78, 5) is 16.8. The molecule has 2 heterocycles. The smallest absolute Gasteiger partial charge is 0.194 e. The fourth-order valence-electron chi connectivity index (χ4n) is 2.67. The molecule has 5 nitrogen and oxygen atoms in total. The molecule has 0 amide bonds. The lowest BCUT2D eigenvalue weighted by Gasteiger charge is -2.08. The molecular formula is C20H16N2O3S. The van der Waals surface area contributed by atoms with E-state index in [1.54, 1.807) is 4.40 Å². The Hall–Kier alpha value is -3.12. The Bertz CT molecular complexity index is 1010. The predicted molar refractivity (Wildman–Crippen MR) is 101 cm³/mol. The fourth-order valence-corrected chi connectivity index (χ4v) is 3.39. The van der Waals surface area contributed by atoms with Gasteiger partial charge in [0.25, 0.3) is 0 Å². The summed E-state index contributed by atoms with van der Waals surface area (Å²) in [6.07, 6.45) is 2.69. The van der Waals surface area contributed by atoms with Gasteiger partial charge in [0.05, 0.1) is 0 Å². The van der Waals surface area contributed by atoms with Crippen LogP contribution in [0.4, 0.5) is 0 Å². The maximum Gasteiger partial charge on any atom is 0.194 e. The van der Waals surface area contributed by atoms with Crippen LogP contribution in [0.1, 0.15) is 10.5 Å². The summed E-state index contributed by atoms with van der Waals surface area (Å²) in [6.45, 7) is 0.923. The van der Waals surface area contributed by atoms with Crippen LogP contribution in [0.15, 0.2) is 66.2 Å². The van der Waals surface area contributed by atoms with Gasteiger partial charge in [-0.1, -0.05) is 18.2 Å². The molecule has 4 rings (SSSR count). The lowest BCUT2D eigenvalue weighted by molar-refractivity contribution is 0.111. The summed E-state index contributed by atoms with van der Waals surface area (Å²) in [5.74, 6) is 1.58. The highest BCUT2D eigenvalue weighted by Crippen LogP contribution is 2.27. The largest absolute Gasteiger partial charge is 0.490 e. The first kappa shape index (κ1) is 16.4. The number of ether oxygens (including phenoxy) is 2. The number of carbonyl (C=O) groups is 1. The van der Waals surface area contributed by atoms with Gasteiger partial charge in [-0.2, -0.15) is 0 Å². The van der Waals surface area contributed by atoms with Crippen molar-refractivity contribution in [1.29, 1.82) is 0 Å². The molecule has 0 radical (unpaired) electrons. The van der Waals surface area contributed by atoms with E-state index in [-0.39, 0.29) is 0 Å². The third-order valence-corrected chi connectivity index (χ3v) is 4.66. The number of imidazole rings is 1. The minimum atomic E-state index is 0.452. The van der Waals surface area contributed by atoms with Crippen LogP contribution < -0.4 is 9.47 Å². The summed E-state index contributed by atoms with van der Waals surface area (Å²) in [6, 6.07) is 17.2. The number of benzene rings is 2. The Kier molecular flexibility index (Phi) is 4.66. The number of aromatic nitrogens is 2. The topological polar surface area (TPSA) is 52.8 Å². The molecule has 0 unspecified atom stereocenters. The Balaban J connectivity index is 1.40. The second-order valence-electron chi connectivity index (χ2n) is 5.55. The van der Waals surface area contributed by atoms with Crippen LogP contribution in [0.2, 0.25) is 0 Å². The normalized spacial score (nSPS) is 10.8. The van der Waals surface area contributed by atoms with Crippen molar-refractivity contribution in [3.05, 3.63) is 71.9 Å². The number of fused-ring (bicyclic) bond motifs is 1. The van der Waals surface area contributed by atoms with Crippen molar-refractivity contribution in [3.8, 4) is 22.8 Å². The number of nitrogens with zero attached hydrogens (tertiary/aromatic N) is 2. The van der Waals surface area contributed by atoms with Gasteiger partial charge < -0.3 is 9.47 Å². The molecule has 0 fully saturated rings. The van der Waals surface area contributed by atoms with Crippen LogP contribution in [-0.2, 0) is 0 Å². The predicted octanol–water partition coefficient (Wildman–Crippen LogP) is 4.33. The average Bonchev–Trinajstić information content (AvgIpc) is 3.27. The Labute approximate surface area is 154 Å². The maximum absolute atomic E-state index is 11.4. The lowest BCUT2D eigenvalue weighted by Crippen LogP contribution is -2.08. The molecule has 2 aromatic heterocycles. The van der Waals surface area contributed by atoms with Crippen molar-refractivity contribution < 1.29 is 14.3 Å². The zero-order valence-electron chi connectivity index (χ0n) is 13.9. The van der Waals surface area contributed by atoms with Crippen molar-refractivity contribution in [2.75, 3.05) is 13.2 Å². The Morgan fingerprint density at radius 3 is 2.35 bits per heavy atom. The van der Waals surface area contributed by atoms with Crippen LogP contribution in [0.5, 0.6) is 11.5 Å². The van der Waals surface area contributed by atoms with E-state index in [1.165, 1.54) is 11.3 Å². The second-order valence-corrected chi connectivity index (χ2v) is 6.43. The summed E-state index contributed by atoms with van der Waals surface area (Å²) in [5.41, 5.74) is 2.13. The third-order valence-electron chi connectivity index (χ3n) is 3.90. The number of rotatable bonds is 7. The van der Waals surface area contributed by atoms with E-state index in [9.17, 15) is 4.79 Å². The van der Waals surface area contributed by atoms with Crippen LogP contribution >= 0.6 is 11.3 Å². The van der Waals surface area contributed by atoms with Gasteiger partial charge in [-0.25, -0.2) is 4.98 Å². The van der Waals surface area contributed by atoms with E-state index in [1.807, 2.05) is 66.2 Å². The molecule has 0 aliphatic carbocycles. The Morgan fingerprint density at radius 1 is 0.962 bits per heavy atom. The summed E-state index contributed by atoms with van der Waals surface area (Å²) < 4.78 is 13.1. The van der Waals surface area contributed by atoms with E-state index >= 15 is 0 Å².